The van der Waals surface area contributed by atoms with Gasteiger partial charge in [-0.05, 0) is 40.2 Å². The summed E-state index contributed by atoms with van der Waals surface area (Å²) in [5, 5.41) is 7.54. The lowest BCUT2D eigenvalue weighted by Gasteiger charge is -2.22. The second-order valence-electron chi connectivity index (χ2n) is 4.71. The third kappa shape index (κ3) is 4.08. The standard InChI is InChI=1S/C13H25N3O2/c1-9(13-10(2)16-18-11(13)3)15-12(8-17-4)6-5-7-14/h9,12,15H,5-8,14H2,1-4H3. The van der Waals surface area contributed by atoms with Gasteiger partial charge >= 0.3 is 0 Å². The van der Waals surface area contributed by atoms with Crippen molar-refractivity contribution in [3.63, 3.8) is 0 Å². The Morgan fingerprint density at radius 1 is 1.44 bits per heavy atom. The summed E-state index contributed by atoms with van der Waals surface area (Å²) in [5.74, 6) is 0.877. The first kappa shape index (κ1) is 15.1. The predicted molar refractivity (Wildman–Crippen MR) is 71.5 cm³/mol. The molecule has 104 valence electrons. The van der Waals surface area contributed by atoms with Gasteiger partial charge in [0.25, 0.3) is 0 Å². The summed E-state index contributed by atoms with van der Waals surface area (Å²) in [6.45, 7) is 7.43. The molecule has 1 aromatic rings. The monoisotopic (exact) mass is 255 g/mol. The van der Waals surface area contributed by atoms with Gasteiger partial charge in [-0.2, -0.15) is 0 Å². The van der Waals surface area contributed by atoms with Crippen molar-refractivity contribution in [3.8, 4) is 0 Å². The molecule has 1 heterocycles. The van der Waals surface area contributed by atoms with Crippen LogP contribution in [0.2, 0.25) is 0 Å². The molecule has 0 fully saturated rings. The molecule has 3 N–H and O–H groups in total. The quantitative estimate of drug-likeness (QED) is 0.739. The van der Waals surface area contributed by atoms with Crippen LogP contribution in [0.25, 0.3) is 0 Å². The molecule has 0 spiro atoms. The summed E-state index contributed by atoms with van der Waals surface area (Å²) in [4.78, 5) is 0. The van der Waals surface area contributed by atoms with Crippen molar-refractivity contribution in [1.82, 2.24) is 10.5 Å². The van der Waals surface area contributed by atoms with Crippen molar-refractivity contribution in [1.29, 1.82) is 0 Å². The number of aromatic nitrogens is 1. The summed E-state index contributed by atoms with van der Waals surface area (Å²) >= 11 is 0. The Morgan fingerprint density at radius 3 is 2.67 bits per heavy atom. The number of ether oxygens (including phenoxy) is 1. The molecule has 0 amide bonds. The lowest BCUT2D eigenvalue weighted by molar-refractivity contribution is 0.156. The fourth-order valence-corrected chi connectivity index (χ4v) is 2.33. The minimum absolute atomic E-state index is 0.203. The summed E-state index contributed by atoms with van der Waals surface area (Å²) in [6.07, 6.45) is 2.01. The largest absolute Gasteiger partial charge is 0.383 e. The van der Waals surface area contributed by atoms with Crippen molar-refractivity contribution in [2.45, 2.75) is 45.7 Å². The molecular weight excluding hydrogens is 230 g/mol. The third-order valence-corrected chi connectivity index (χ3v) is 3.13. The molecule has 0 aliphatic rings. The normalized spacial score (nSPS) is 14.7. The Labute approximate surface area is 109 Å². The molecule has 0 aromatic carbocycles. The zero-order valence-electron chi connectivity index (χ0n) is 11.8. The fourth-order valence-electron chi connectivity index (χ4n) is 2.33. The minimum atomic E-state index is 0.203. The Bertz CT molecular complexity index is 333. The summed E-state index contributed by atoms with van der Waals surface area (Å²) in [5.41, 5.74) is 7.64. The Balaban J connectivity index is 2.62. The molecule has 0 aliphatic carbocycles. The molecule has 5 heteroatoms. The average Bonchev–Trinajstić information content (AvgIpc) is 2.66. The second kappa shape index (κ2) is 7.51. The summed E-state index contributed by atoms with van der Waals surface area (Å²) in [7, 11) is 1.72. The van der Waals surface area contributed by atoms with Crippen LogP contribution in [0.4, 0.5) is 0 Å². The van der Waals surface area contributed by atoms with Crippen LogP contribution in [-0.4, -0.2) is 31.5 Å². The van der Waals surface area contributed by atoms with E-state index >= 15 is 0 Å². The van der Waals surface area contributed by atoms with Gasteiger partial charge in [0.15, 0.2) is 0 Å². The number of hydrogen-bond acceptors (Lipinski definition) is 5. The van der Waals surface area contributed by atoms with Crippen molar-refractivity contribution in [2.75, 3.05) is 20.3 Å². The summed E-state index contributed by atoms with van der Waals surface area (Å²) in [6, 6.07) is 0.511. The first-order valence-corrected chi connectivity index (χ1v) is 6.48. The van der Waals surface area contributed by atoms with Crippen LogP contribution in [0.1, 0.15) is 42.8 Å². The first-order valence-electron chi connectivity index (χ1n) is 6.48. The van der Waals surface area contributed by atoms with Gasteiger partial charge in [-0.25, -0.2) is 0 Å². The summed E-state index contributed by atoms with van der Waals surface area (Å²) < 4.78 is 10.4. The zero-order valence-corrected chi connectivity index (χ0v) is 11.8. The van der Waals surface area contributed by atoms with Crippen LogP contribution in [-0.2, 0) is 4.74 Å². The van der Waals surface area contributed by atoms with Crippen LogP contribution in [0.3, 0.4) is 0 Å². The van der Waals surface area contributed by atoms with E-state index in [2.05, 4.69) is 17.4 Å². The van der Waals surface area contributed by atoms with E-state index in [1.54, 1.807) is 7.11 Å². The highest BCUT2D eigenvalue weighted by Gasteiger charge is 2.19. The van der Waals surface area contributed by atoms with Gasteiger partial charge in [0.2, 0.25) is 0 Å². The molecular formula is C13H25N3O2. The van der Waals surface area contributed by atoms with Gasteiger partial charge in [0.1, 0.15) is 5.76 Å². The number of nitrogens with zero attached hydrogens (tertiary/aromatic N) is 1. The molecule has 1 rings (SSSR count). The molecule has 2 unspecified atom stereocenters. The molecule has 0 radical (unpaired) electrons. The number of methoxy groups -OCH3 is 1. The van der Waals surface area contributed by atoms with E-state index in [1.807, 2.05) is 13.8 Å². The van der Waals surface area contributed by atoms with E-state index in [0.29, 0.717) is 19.2 Å². The minimum Gasteiger partial charge on any atom is -0.383 e. The lowest BCUT2D eigenvalue weighted by atomic mass is 10.0. The van der Waals surface area contributed by atoms with Crippen LogP contribution in [0.5, 0.6) is 0 Å². The highest BCUT2D eigenvalue weighted by Crippen LogP contribution is 2.21. The van der Waals surface area contributed by atoms with Crippen LogP contribution >= 0.6 is 0 Å². The van der Waals surface area contributed by atoms with E-state index in [4.69, 9.17) is 15.0 Å². The Kier molecular flexibility index (Phi) is 6.32. The average molecular weight is 255 g/mol. The number of hydrogen-bond donors (Lipinski definition) is 2. The molecule has 0 bridgehead atoms. The van der Waals surface area contributed by atoms with E-state index in [1.165, 1.54) is 0 Å². The molecule has 0 saturated carbocycles. The molecule has 0 aliphatic heterocycles. The molecule has 2 atom stereocenters. The number of aryl methyl sites for hydroxylation is 2. The van der Waals surface area contributed by atoms with Crippen molar-refractivity contribution >= 4 is 0 Å². The third-order valence-electron chi connectivity index (χ3n) is 3.13. The van der Waals surface area contributed by atoms with Crippen LogP contribution < -0.4 is 11.1 Å². The molecule has 18 heavy (non-hydrogen) atoms. The zero-order chi connectivity index (χ0) is 13.5. The smallest absolute Gasteiger partial charge is 0.138 e. The maximum absolute atomic E-state index is 5.55. The Hall–Kier alpha value is -0.910. The first-order chi connectivity index (χ1) is 8.60. The van der Waals surface area contributed by atoms with Crippen molar-refractivity contribution in [3.05, 3.63) is 17.0 Å². The predicted octanol–water partition coefficient (Wildman–Crippen LogP) is 1.70. The number of nitrogens with one attached hydrogen (secondary N) is 1. The van der Waals surface area contributed by atoms with Crippen molar-refractivity contribution in [2.24, 2.45) is 5.73 Å². The van der Waals surface area contributed by atoms with Gasteiger partial charge in [-0.15, -0.1) is 0 Å². The van der Waals surface area contributed by atoms with Crippen LogP contribution in [0.15, 0.2) is 4.52 Å². The highest BCUT2D eigenvalue weighted by molar-refractivity contribution is 5.24. The maximum atomic E-state index is 5.55. The maximum Gasteiger partial charge on any atom is 0.138 e. The van der Waals surface area contributed by atoms with Gasteiger partial charge in [-0.3, -0.25) is 0 Å². The number of rotatable bonds is 8. The number of nitrogens with two attached hydrogens (primary N) is 1. The van der Waals surface area contributed by atoms with Gasteiger partial charge in [-0.1, -0.05) is 5.16 Å². The van der Waals surface area contributed by atoms with Gasteiger partial charge < -0.3 is 20.3 Å². The highest BCUT2D eigenvalue weighted by atomic mass is 16.5. The van der Waals surface area contributed by atoms with E-state index in [0.717, 1.165) is 29.9 Å². The lowest BCUT2D eigenvalue weighted by Crippen LogP contribution is -2.36. The van der Waals surface area contributed by atoms with E-state index in [9.17, 15) is 0 Å². The van der Waals surface area contributed by atoms with Gasteiger partial charge in [0, 0.05) is 24.8 Å². The van der Waals surface area contributed by atoms with E-state index < -0.39 is 0 Å². The van der Waals surface area contributed by atoms with Crippen molar-refractivity contribution < 1.29 is 9.26 Å². The second-order valence-corrected chi connectivity index (χ2v) is 4.71. The van der Waals surface area contributed by atoms with Gasteiger partial charge in [0.05, 0.1) is 12.3 Å². The molecule has 5 nitrogen and oxygen atoms in total. The SMILES string of the molecule is COCC(CCCN)NC(C)c1c(C)noc1C. The van der Waals surface area contributed by atoms with Crippen LogP contribution in [0, 0.1) is 13.8 Å². The van der Waals surface area contributed by atoms with E-state index in [-0.39, 0.29) is 6.04 Å². The molecule has 0 saturated heterocycles. The topological polar surface area (TPSA) is 73.3 Å². The Morgan fingerprint density at radius 2 is 2.17 bits per heavy atom. The molecule has 1 aromatic heterocycles. The fraction of sp³-hybridized carbons (Fsp3) is 0.769.